The summed E-state index contributed by atoms with van der Waals surface area (Å²) in [7, 11) is 3.89. The lowest BCUT2D eigenvalue weighted by Crippen LogP contribution is -2.14. The molecule has 4 heteroatoms. The summed E-state index contributed by atoms with van der Waals surface area (Å²) in [6.07, 6.45) is 1.54. The summed E-state index contributed by atoms with van der Waals surface area (Å²) < 4.78 is 0. The highest BCUT2D eigenvalue weighted by atomic mass is 16.2. The number of rotatable bonds is 2. The van der Waals surface area contributed by atoms with Crippen LogP contribution in [0.15, 0.2) is 42.6 Å². The zero-order chi connectivity index (χ0) is 14.3. The number of carbonyl (C=O) groups is 2. The van der Waals surface area contributed by atoms with E-state index in [4.69, 9.17) is 0 Å². The summed E-state index contributed by atoms with van der Waals surface area (Å²) in [4.78, 5) is 30.7. The van der Waals surface area contributed by atoms with Crippen LogP contribution in [0.5, 0.6) is 0 Å². The molecule has 0 amide bonds. The van der Waals surface area contributed by atoms with Crippen LogP contribution in [0.4, 0.5) is 5.69 Å². The SMILES string of the molecule is CN(C)c1ccc([C@@H]2C(=O)c3cccnc3C2=O)cc1. The average molecular weight is 266 g/mol. The number of anilines is 1. The van der Waals surface area contributed by atoms with Gasteiger partial charge in [-0.3, -0.25) is 14.6 Å². The highest BCUT2D eigenvalue weighted by Crippen LogP contribution is 2.33. The molecule has 0 spiro atoms. The highest BCUT2D eigenvalue weighted by molar-refractivity contribution is 6.28. The maximum absolute atomic E-state index is 12.4. The number of ketones is 2. The second kappa shape index (κ2) is 4.56. The number of pyridine rings is 1. The lowest BCUT2D eigenvalue weighted by atomic mass is 9.94. The molecule has 3 rings (SSSR count). The molecule has 1 aromatic heterocycles. The van der Waals surface area contributed by atoms with Gasteiger partial charge in [0.05, 0.1) is 0 Å². The normalized spacial score (nSPS) is 17.2. The summed E-state index contributed by atoms with van der Waals surface area (Å²) in [5.41, 5.74) is 2.48. The van der Waals surface area contributed by atoms with Crippen LogP contribution in [-0.4, -0.2) is 30.6 Å². The van der Waals surface area contributed by atoms with E-state index in [-0.39, 0.29) is 11.6 Å². The Morgan fingerprint density at radius 3 is 2.30 bits per heavy atom. The van der Waals surface area contributed by atoms with Gasteiger partial charge in [0.15, 0.2) is 11.6 Å². The van der Waals surface area contributed by atoms with E-state index in [9.17, 15) is 9.59 Å². The predicted molar refractivity (Wildman–Crippen MR) is 76.4 cm³/mol. The predicted octanol–water partition coefficient (Wildman–Crippen LogP) is 2.31. The van der Waals surface area contributed by atoms with Gasteiger partial charge in [-0.1, -0.05) is 12.1 Å². The van der Waals surface area contributed by atoms with Crippen molar-refractivity contribution in [1.29, 1.82) is 0 Å². The summed E-state index contributed by atoms with van der Waals surface area (Å²) in [6.45, 7) is 0. The molecule has 1 aliphatic carbocycles. The number of hydrogen-bond acceptors (Lipinski definition) is 4. The van der Waals surface area contributed by atoms with Gasteiger partial charge >= 0.3 is 0 Å². The second-order valence-corrected chi connectivity index (χ2v) is 5.05. The fraction of sp³-hybridized carbons (Fsp3) is 0.188. The standard InChI is InChI=1S/C16H14N2O2/c1-18(2)11-7-5-10(6-8-11)13-15(19)12-4-3-9-17-14(12)16(13)20/h3-9,13H,1-2H3/t13-/m1/s1. The van der Waals surface area contributed by atoms with Gasteiger partial charge in [0, 0.05) is 31.5 Å². The van der Waals surface area contributed by atoms with Crippen LogP contribution >= 0.6 is 0 Å². The maximum atomic E-state index is 12.4. The Bertz CT molecular complexity index is 655. The Morgan fingerprint density at radius 1 is 1.00 bits per heavy atom. The molecule has 1 aliphatic rings. The number of benzene rings is 1. The molecular weight excluding hydrogens is 252 g/mol. The molecule has 0 N–H and O–H groups in total. The molecule has 0 saturated carbocycles. The minimum Gasteiger partial charge on any atom is -0.378 e. The van der Waals surface area contributed by atoms with Crippen molar-refractivity contribution in [2.45, 2.75) is 5.92 Å². The molecule has 0 radical (unpaired) electrons. The Balaban J connectivity index is 2.00. The third kappa shape index (κ3) is 1.81. The van der Waals surface area contributed by atoms with Crippen molar-refractivity contribution in [3.8, 4) is 0 Å². The quantitative estimate of drug-likeness (QED) is 0.783. The van der Waals surface area contributed by atoms with Crippen LogP contribution in [0.25, 0.3) is 0 Å². The Morgan fingerprint density at radius 2 is 1.70 bits per heavy atom. The summed E-state index contributed by atoms with van der Waals surface area (Å²) >= 11 is 0. The Labute approximate surface area is 117 Å². The lowest BCUT2D eigenvalue weighted by Gasteiger charge is -2.14. The van der Waals surface area contributed by atoms with Crippen LogP contribution in [0.2, 0.25) is 0 Å². The number of nitrogens with zero attached hydrogens (tertiary/aromatic N) is 2. The molecule has 1 atom stereocenters. The first kappa shape index (κ1) is 12.5. The van der Waals surface area contributed by atoms with Gasteiger partial charge in [0.1, 0.15) is 11.6 Å². The first-order valence-electron chi connectivity index (χ1n) is 6.40. The van der Waals surface area contributed by atoms with Gasteiger partial charge < -0.3 is 4.90 Å². The van der Waals surface area contributed by atoms with E-state index in [1.54, 1.807) is 18.3 Å². The van der Waals surface area contributed by atoms with Crippen LogP contribution < -0.4 is 4.90 Å². The molecule has 1 heterocycles. The van der Waals surface area contributed by atoms with Crippen molar-refractivity contribution in [2.24, 2.45) is 0 Å². The third-order valence-electron chi connectivity index (χ3n) is 3.57. The molecule has 0 unspecified atom stereocenters. The van der Waals surface area contributed by atoms with Crippen molar-refractivity contribution in [3.05, 3.63) is 59.4 Å². The molecule has 0 fully saturated rings. The molecule has 0 bridgehead atoms. The van der Waals surface area contributed by atoms with E-state index in [1.807, 2.05) is 43.3 Å². The molecule has 100 valence electrons. The van der Waals surface area contributed by atoms with Gasteiger partial charge in [-0.15, -0.1) is 0 Å². The van der Waals surface area contributed by atoms with Crippen LogP contribution in [0, 0.1) is 0 Å². The first-order chi connectivity index (χ1) is 9.59. The molecule has 20 heavy (non-hydrogen) atoms. The average Bonchev–Trinajstić information content (AvgIpc) is 2.72. The van der Waals surface area contributed by atoms with Gasteiger partial charge in [-0.2, -0.15) is 0 Å². The summed E-state index contributed by atoms with van der Waals surface area (Å²) in [6, 6.07) is 10.8. The maximum Gasteiger partial charge on any atom is 0.197 e. The molecule has 0 saturated heterocycles. The van der Waals surface area contributed by atoms with Gasteiger partial charge in [-0.05, 0) is 29.8 Å². The Kier molecular flexibility index (Phi) is 2.86. The minimum atomic E-state index is -0.740. The van der Waals surface area contributed by atoms with E-state index >= 15 is 0 Å². The van der Waals surface area contributed by atoms with E-state index in [2.05, 4.69) is 4.98 Å². The van der Waals surface area contributed by atoms with Crippen molar-refractivity contribution >= 4 is 17.3 Å². The first-order valence-corrected chi connectivity index (χ1v) is 6.40. The summed E-state index contributed by atoms with van der Waals surface area (Å²) in [5, 5.41) is 0. The summed E-state index contributed by atoms with van der Waals surface area (Å²) in [5.74, 6) is -1.10. The van der Waals surface area contributed by atoms with Crippen molar-refractivity contribution in [3.63, 3.8) is 0 Å². The van der Waals surface area contributed by atoms with Crippen molar-refractivity contribution in [2.75, 3.05) is 19.0 Å². The largest absolute Gasteiger partial charge is 0.378 e. The number of Topliss-reactive ketones (excluding diaryl/α,β-unsaturated/α-hetero) is 2. The topological polar surface area (TPSA) is 50.3 Å². The van der Waals surface area contributed by atoms with Gasteiger partial charge in [-0.25, -0.2) is 0 Å². The molecule has 1 aromatic carbocycles. The van der Waals surface area contributed by atoms with Crippen LogP contribution in [-0.2, 0) is 0 Å². The fourth-order valence-corrected chi connectivity index (χ4v) is 2.48. The van der Waals surface area contributed by atoms with E-state index in [0.717, 1.165) is 11.3 Å². The Hall–Kier alpha value is -2.49. The van der Waals surface area contributed by atoms with E-state index < -0.39 is 5.92 Å². The molecule has 4 nitrogen and oxygen atoms in total. The number of hydrogen-bond donors (Lipinski definition) is 0. The molecular formula is C16H14N2O2. The smallest absolute Gasteiger partial charge is 0.197 e. The van der Waals surface area contributed by atoms with Crippen LogP contribution in [0.1, 0.15) is 32.3 Å². The van der Waals surface area contributed by atoms with Crippen LogP contribution in [0.3, 0.4) is 0 Å². The monoisotopic (exact) mass is 266 g/mol. The third-order valence-corrected chi connectivity index (χ3v) is 3.57. The number of aromatic nitrogens is 1. The van der Waals surface area contributed by atoms with Crippen molar-refractivity contribution in [1.82, 2.24) is 4.98 Å². The number of fused-ring (bicyclic) bond motifs is 1. The highest BCUT2D eigenvalue weighted by Gasteiger charge is 2.40. The van der Waals surface area contributed by atoms with Crippen molar-refractivity contribution < 1.29 is 9.59 Å². The molecule has 0 aliphatic heterocycles. The zero-order valence-corrected chi connectivity index (χ0v) is 11.3. The fourth-order valence-electron chi connectivity index (χ4n) is 2.48. The minimum absolute atomic E-state index is 0.157. The number of carbonyl (C=O) groups excluding carboxylic acids is 2. The van der Waals surface area contributed by atoms with Gasteiger partial charge in [0.25, 0.3) is 0 Å². The second-order valence-electron chi connectivity index (χ2n) is 5.05. The van der Waals surface area contributed by atoms with Gasteiger partial charge in [0.2, 0.25) is 0 Å². The van der Waals surface area contributed by atoms with E-state index in [1.165, 1.54) is 0 Å². The zero-order valence-electron chi connectivity index (χ0n) is 11.3. The lowest BCUT2D eigenvalue weighted by molar-refractivity contribution is 0.0888. The molecule has 2 aromatic rings. The van der Waals surface area contributed by atoms with E-state index in [0.29, 0.717) is 11.3 Å².